The van der Waals surface area contributed by atoms with Crippen LogP contribution in [0.25, 0.3) is 52.2 Å². The maximum atomic E-state index is 13.0. The summed E-state index contributed by atoms with van der Waals surface area (Å²) in [5.41, 5.74) is 47.3. The highest BCUT2D eigenvalue weighted by molar-refractivity contribution is 5.68. The summed E-state index contributed by atoms with van der Waals surface area (Å²) >= 11 is 0. The van der Waals surface area contributed by atoms with E-state index in [0.717, 1.165) is 11.1 Å². The number of rotatable bonds is 19. The zero-order chi connectivity index (χ0) is 41.9. The van der Waals surface area contributed by atoms with Crippen LogP contribution in [0.1, 0.15) is 38.3 Å². The molecule has 1 aliphatic carbocycles. The van der Waals surface area contributed by atoms with Gasteiger partial charge in [0, 0.05) is 31.1 Å². The van der Waals surface area contributed by atoms with Crippen molar-refractivity contribution in [2.75, 3.05) is 19.7 Å². The molecule has 1 saturated carbocycles. The fraction of sp³-hybridized carbons (Fsp3) is 0.618. The number of aliphatic hydroxyl groups is 1. The van der Waals surface area contributed by atoms with Crippen molar-refractivity contribution in [1.29, 1.82) is 0 Å². The van der Waals surface area contributed by atoms with Gasteiger partial charge in [0.2, 0.25) is 0 Å². The van der Waals surface area contributed by atoms with Gasteiger partial charge in [-0.15, -0.1) is 0 Å². The van der Waals surface area contributed by atoms with Crippen molar-refractivity contribution in [2.45, 2.75) is 113 Å². The van der Waals surface area contributed by atoms with E-state index in [1.807, 2.05) is 60.7 Å². The van der Waals surface area contributed by atoms with Gasteiger partial charge in [0.15, 0.2) is 6.29 Å². The Hall–Kier alpha value is -5.98. The minimum atomic E-state index is -1.72. The first-order valence-corrected chi connectivity index (χ1v) is 18.1. The predicted octanol–water partition coefficient (Wildman–Crippen LogP) is 6.97. The number of azide groups is 5. The van der Waals surface area contributed by atoms with Crippen molar-refractivity contribution in [3.63, 3.8) is 0 Å². The van der Waals surface area contributed by atoms with Gasteiger partial charge in [-0.1, -0.05) is 86.2 Å². The lowest BCUT2D eigenvalue weighted by Gasteiger charge is -2.48. The van der Waals surface area contributed by atoms with Crippen molar-refractivity contribution in [3.05, 3.63) is 124 Å². The quantitative estimate of drug-likeness (QED) is 0.0846. The highest BCUT2D eigenvalue weighted by atomic mass is 16.7. The summed E-state index contributed by atoms with van der Waals surface area (Å²) in [6.45, 7) is 4.09. The number of carbonyl (C=O) groups is 1. The zero-order valence-electron chi connectivity index (χ0n) is 31.9. The third kappa shape index (κ3) is 13.3. The second-order valence-electron chi connectivity index (χ2n) is 14.1. The van der Waals surface area contributed by atoms with Gasteiger partial charge in [-0.25, -0.2) is 4.79 Å². The average molecular weight is 805 g/mol. The lowest BCUT2D eigenvalue weighted by molar-refractivity contribution is -0.301. The topological polar surface area (TPSA) is 349 Å². The Kier molecular flexibility index (Phi) is 17.5. The number of ether oxygens (including phenoxy) is 6. The number of hydrogen-bond donors (Lipinski definition) is 2. The Bertz CT molecular complexity index is 1880. The molecule has 0 spiro atoms. The second kappa shape index (κ2) is 22.7. The molecule has 11 atom stereocenters. The largest absolute Gasteiger partial charge is 0.444 e. The van der Waals surface area contributed by atoms with Gasteiger partial charge in [0.05, 0.1) is 56.7 Å². The number of carbonyl (C=O) groups excluding carboxylic acids is 1. The standard InChI is InChI=1S/C34H44N16O8/c1-34(2,3)58-33(52)42-23-14-24(44-49-38)29(27(51)28(23)55-19-22(43-48-37)15-40-46-35)57-32-26(45-50-39)31(54-18-21-12-8-5-9-13-21)30(25(56-32)16-41-47-36)53-17-20-10-6-4-7-11-20/h4-13,22-32,51H,14-19H2,1-3H3,(H,42,52)/t22-,23-,24?,25?,26?,27-,28?,29?,30+,31-,32+/m1/s1. The lowest BCUT2D eigenvalue weighted by atomic mass is 9.83. The summed E-state index contributed by atoms with van der Waals surface area (Å²) in [7, 11) is 0. The van der Waals surface area contributed by atoms with E-state index in [-0.39, 0.29) is 39.3 Å². The van der Waals surface area contributed by atoms with Crippen molar-refractivity contribution in [1.82, 2.24) is 5.32 Å². The van der Waals surface area contributed by atoms with Gasteiger partial charge in [-0.05, 0) is 66.0 Å². The molecule has 58 heavy (non-hydrogen) atoms. The first-order valence-electron chi connectivity index (χ1n) is 18.1. The van der Waals surface area contributed by atoms with Crippen LogP contribution in [-0.2, 0) is 41.6 Å². The van der Waals surface area contributed by atoms with Crippen LogP contribution in [0.4, 0.5) is 4.79 Å². The summed E-state index contributed by atoms with van der Waals surface area (Å²) in [4.78, 5) is 27.3. The number of alkyl carbamates (subject to hydrolysis) is 1. The normalized spacial score (nSPS) is 27.1. The minimum absolute atomic E-state index is 0.0264. The molecule has 2 aromatic carbocycles. The highest BCUT2D eigenvalue weighted by Gasteiger charge is 2.52. The van der Waals surface area contributed by atoms with E-state index in [9.17, 15) is 26.5 Å². The Morgan fingerprint density at radius 1 is 0.828 bits per heavy atom. The third-order valence-corrected chi connectivity index (χ3v) is 8.88. The number of aliphatic hydroxyl groups excluding tert-OH is 1. The van der Waals surface area contributed by atoms with Gasteiger partial charge in [-0.3, -0.25) is 0 Å². The van der Waals surface area contributed by atoms with Crippen molar-refractivity contribution in [2.24, 2.45) is 25.6 Å². The first-order chi connectivity index (χ1) is 28.0. The number of hydrogen-bond acceptors (Lipinski definition) is 13. The van der Waals surface area contributed by atoms with E-state index in [4.69, 9.17) is 39.5 Å². The van der Waals surface area contributed by atoms with E-state index < -0.39 is 78.8 Å². The fourth-order valence-electron chi connectivity index (χ4n) is 6.43. The first kappa shape index (κ1) is 44.7. The number of amides is 1. The maximum Gasteiger partial charge on any atom is 0.407 e. The van der Waals surface area contributed by atoms with Crippen molar-refractivity contribution in [3.8, 4) is 0 Å². The predicted molar refractivity (Wildman–Crippen MR) is 204 cm³/mol. The van der Waals surface area contributed by atoms with Gasteiger partial charge in [-0.2, -0.15) is 0 Å². The molecule has 2 N–H and O–H groups in total. The van der Waals surface area contributed by atoms with E-state index in [1.54, 1.807) is 20.8 Å². The number of benzene rings is 2. The Morgan fingerprint density at radius 2 is 1.45 bits per heavy atom. The minimum Gasteiger partial charge on any atom is -0.444 e. The molecule has 24 nitrogen and oxygen atoms in total. The maximum absolute atomic E-state index is 13.0. The Balaban J connectivity index is 1.73. The molecule has 1 heterocycles. The fourth-order valence-corrected chi connectivity index (χ4v) is 6.43. The molecule has 24 heteroatoms. The van der Waals surface area contributed by atoms with Crippen LogP contribution < -0.4 is 5.32 Å². The molecule has 4 rings (SSSR count). The SMILES string of the molecule is CC(C)(C)OC(=O)N[C@@H]1CC(N=[N+]=[N-])C(O[C@@H]2OC(CN=[N+]=[N-])[C@H](OCc3ccccc3)[C@H](OCc3ccccc3)C2N=[N+]=[N-])[C@H](O)C1OC[C@@H](CN=[N+]=[N-])N=[N+]=[N-]. The molecule has 2 aliphatic rings. The molecular formula is C34H44N16O8. The highest BCUT2D eigenvalue weighted by Crippen LogP contribution is 2.35. The number of nitrogens with one attached hydrogen (secondary N) is 1. The van der Waals surface area contributed by atoms with Crippen LogP contribution in [0.5, 0.6) is 0 Å². The van der Waals surface area contributed by atoms with Crippen LogP contribution in [0.2, 0.25) is 0 Å². The molecule has 5 unspecified atom stereocenters. The zero-order valence-corrected chi connectivity index (χ0v) is 31.9. The lowest BCUT2D eigenvalue weighted by Crippen LogP contribution is -2.65. The average Bonchev–Trinajstić information content (AvgIpc) is 3.19. The second-order valence-corrected chi connectivity index (χ2v) is 14.1. The van der Waals surface area contributed by atoms with Crippen LogP contribution in [-0.4, -0.2) is 104 Å². The van der Waals surface area contributed by atoms with Crippen LogP contribution in [0.15, 0.2) is 86.2 Å². The van der Waals surface area contributed by atoms with Crippen molar-refractivity contribution >= 4 is 6.09 Å². The van der Waals surface area contributed by atoms with Gasteiger partial charge in [0.25, 0.3) is 0 Å². The summed E-state index contributed by atoms with van der Waals surface area (Å²) in [6.07, 6.45) is -10.3. The Labute approximate surface area is 331 Å². The van der Waals surface area contributed by atoms with Crippen LogP contribution in [0.3, 0.4) is 0 Å². The van der Waals surface area contributed by atoms with E-state index in [1.165, 1.54) is 0 Å². The molecule has 2 aromatic rings. The molecule has 1 saturated heterocycles. The third-order valence-electron chi connectivity index (χ3n) is 8.88. The van der Waals surface area contributed by atoms with E-state index in [2.05, 4.69) is 55.4 Å². The van der Waals surface area contributed by atoms with Gasteiger partial charge in [0.1, 0.15) is 36.1 Å². The summed E-state index contributed by atoms with van der Waals surface area (Å²) in [5, 5.41) is 33.3. The van der Waals surface area contributed by atoms with Crippen molar-refractivity contribution < 1.29 is 38.3 Å². The van der Waals surface area contributed by atoms with E-state index >= 15 is 0 Å². The molecule has 0 bridgehead atoms. The van der Waals surface area contributed by atoms with E-state index in [0.29, 0.717) is 0 Å². The Morgan fingerprint density at radius 3 is 2.02 bits per heavy atom. The monoisotopic (exact) mass is 804 g/mol. The molecule has 1 aliphatic heterocycles. The van der Waals surface area contributed by atoms with Gasteiger partial charge < -0.3 is 38.8 Å². The summed E-state index contributed by atoms with van der Waals surface area (Å²) in [6, 6.07) is 13.7. The van der Waals surface area contributed by atoms with Gasteiger partial charge >= 0.3 is 6.09 Å². The molecule has 1 amide bonds. The molecule has 308 valence electrons. The smallest absolute Gasteiger partial charge is 0.407 e. The molecular weight excluding hydrogens is 760 g/mol. The number of nitrogens with zero attached hydrogens (tertiary/aromatic N) is 15. The van der Waals surface area contributed by atoms with Crippen LogP contribution >= 0.6 is 0 Å². The van der Waals surface area contributed by atoms with Crippen LogP contribution in [0, 0.1) is 0 Å². The molecule has 0 aromatic heterocycles. The molecule has 0 radical (unpaired) electrons. The molecule has 2 fully saturated rings. The summed E-state index contributed by atoms with van der Waals surface area (Å²) in [5.74, 6) is 0. The summed E-state index contributed by atoms with van der Waals surface area (Å²) < 4.78 is 37.0.